The average molecular weight is 299 g/mol. The van der Waals surface area contributed by atoms with E-state index < -0.39 is 7.94 Å². The highest BCUT2D eigenvalue weighted by molar-refractivity contribution is 7.80. The third-order valence-corrected chi connectivity index (χ3v) is 3.43. The lowest BCUT2D eigenvalue weighted by Gasteiger charge is -2.12. The second-order valence-electron chi connectivity index (χ2n) is 3.79. The molecule has 4 N–H and O–H groups in total. The Labute approximate surface area is 117 Å². The number of nitrogens with two attached hydrogens (primary N) is 1. The number of nitrogens with one attached hydrogen (secondary N) is 1. The lowest BCUT2D eigenvalue weighted by molar-refractivity contribution is 0.177. The van der Waals surface area contributed by atoms with E-state index in [4.69, 9.17) is 14.8 Å². The van der Waals surface area contributed by atoms with E-state index in [9.17, 15) is 4.89 Å². The number of unbranched alkanes of at least 4 members (excludes halogenated alkanes) is 2. The molecular formula is C11H28N2O3PS+. The molecule has 18 heavy (non-hydrogen) atoms. The molecule has 0 atom stereocenters. The van der Waals surface area contributed by atoms with E-state index in [1.54, 1.807) is 13.7 Å². The van der Waals surface area contributed by atoms with E-state index in [0.29, 0.717) is 18.3 Å². The Morgan fingerprint density at radius 3 is 1.78 bits per heavy atom. The molecule has 0 rings (SSSR count). The molecule has 0 unspecified atom stereocenters. The van der Waals surface area contributed by atoms with E-state index in [1.807, 2.05) is 0 Å². The molecule has 0 aromatic rings. The molecule has 0 radical (unpaired) electrons. The second kappa shape index (κ2) is 13.4. The molecule has 7 heteroatoms. The van der Waals surface area contributed by atoms with Gasteiger partial charge in [0.1, 0.15) is 6.66 Å². The van der Waals surface area contributed by atoms with Crippen molar-refractivity contribution in [1.29, 1.82) is 0 Å². The zero-order valence-electron chi connectivity index (χ0n) is 11.9. The van der Waals surface area contributed by atoms with Crippen LogP contribution >= 0.6 is 20.2 Å². The van der Waals surface area contributed by atoms with Crippen molar-refractivity contribution < 1.29 is 13.9 Å². The van der Waals surface area contributed by atoms with E-state index in [-0.39, 0.29) is 0 Å². The van der Waals surface area contributed by atoms with Crippen LogP contribution in [-0.4, -0.2) is 36.9 Å². The smallest absolute Gasteiger partial charge is 0.376 e. The van der Waals surface area contributed by atoms with Gasteiger partial charge >= 0.3 is 7.94 Å². The van der Waals surface area contributed by atoms with Crippen LogP contribution in [0.4, 0.5) is 0 Å². The minimum atomic E-state index is -2.50. The summed E-state index contributed by atoms with van der Waals surface area (Å²) in [6.07, 6.45) is 4.12. The summed E-state index contributed by atoms with van der Waals surface area (Å²) in [5, 5.41) is 2.88. The van der Waals surface area contributed by atoms with Gasteiger partial charge in [0.15, 0.2) is 5.11 Å². The SMILES string of the molecule is CCCCO[P+](C)(O)OCCCC.CNC(N)=S. The van der Waals surface area contributed by atoms with Gasteiger partial charge in [0, 0.05) is 7.05 Å². The minimum Gasteiger partial charge on any atom is -0.376 e. The fourth-order valence-corrected chi connectivity index (χ4v) is 1.80. The zero-order valence-corrected chi connectivity index (χ0v) is 13.7. The maximum atomic E-state index is 9.63. The monoisotopic (exact) mass is 299 g/mol. The molecule has 0 saturated heterocycles. The van der Waals surface area contributed by atoms with Crippen LogP contribution in [0.25, 0.3) is 0 Å². The molecule has 5 nitrogen and oxygen atoms in total. The molecule has 0 amide bonds. The van der Waals surface area contributed by atoms with Crippen molar-refractivity contribution in [2.75, 3.05) is 26.9 Å². The minimum absolute atomic E-state index is 0.338. The second-order valence-corrected chi connectivity index (χ2v) is 6.35. The van der Waals surface area contributed by atoms with Crippen molar-refractivity contribution in [1.82, 2.24) is 5.32 Å². The van der Waals surface area contributed by atoms with Gasteiger partial charge in [-0.3, -0.25) is 0 Å². The lowest BCUT2D eigenvalue weighted by Crippen LogP contribution is -2.24. The van der Waals surface area contributed by atoms with E-state index in [0.717, 1.165) is 25.7 Å². The standard InChI is InChI=1S/C9H22O3P.C2H6N2S/c1-4-6-8-11-13(3,10)12-9-7-5-2;1-4-2(3)5/h10H,4-9H2,1-3H3;1H3,(H3,3,4,5)/q+1;. The van der Waals surface area contributed by atoms with Crippen LogP contribution in [0, 0.1) is 0 Å². The van der Waals surface area contributed by atoms with Crippen LogP contribution in [0.15, 0.2) is 0 Å². The fraction of sp³-hybridized carbons (Fsp3) is 0.909. The van der Waals surface area contributed by atoms with Gasteiger partial charge in [0.05, 0.1) is 13.2 Å². The van der Waals surface area contributed by atoms with Gasteiger partial charge in [-0.25, -0.2) is 0 Å². The molecule has 0 aromatic heterocycles. The number of hydrogen-bond acceptors (Lipinski definition) is 4. The van der Waals surface area contributed by atoms with Crippen LogP contribution < -0.4 is 11.1 Å². The summed E-state index contributed by atoms with van der Waals surface area (Å²) in [5.74, 6) is 0. The number of rotatable bonds is 8. The molecule has 0 aliphatic heterocycles. The zero-order chi connectivity index (χ0) is 14.4. The van der Waals surface area contributed by atoms with Crippen molar-refractivity contribution >= 4 is 25.3 Å². The molecule has 0 spiro atoms. The molecule has 0 aliphatic carbocycles. The van der Waals surface area contributed by atoms with Gasteiger partial charge in [-0.15, -0.1) is 0 Å². The normalized spacial score (nSPS) is 10.5. The molecule has 0 aromatic carbocycles. The Morgan fingerprint density at radius 2 is 1.56 bits per heavy atom. The van der Waals surface area contributed by atoms with Crippen molar-refractivity contribution in [3.63, 3.8) is 0 Å². The van der Waals surface area contributed by atoms with Crippen LogP contribution in [0.3, 0.4) is 0 Å². The topological polar surface area (TPSA) is 76.7 Å². The van der Waals surface area contributed by atoms with Gasteiger partial charge in [0.25, 0.3) is 0 Å². The maximum absolute atomic E-state index is 9.63. The average Bonchev–Trinajstić information content (AvgIpc) is 2.30. The summed E-state index contributed by atoms with van der Waals surface area (Å²) in [7, 11) is -0.819. The van der Waals surface area contributed by atoms with Crippen LogP contribution in [-0.2, 0) is 9.05 Å². The fourth-order valence-electron chi connectivity index (χ4n) is 0.794. The summed E-state index contributed by atoms with van der Waals surface area (Å²) in [6.45, 7) is 7.04. The number of hydrogen-bond donors (Lipinski definition) is 3. The maximum Gasteiger partial charge on any atom is 0.405 e. The quantitative estimate of drug-likeness (QED) is 0.363. The summed E-state index contributed by atoms with van der Waals surface area (Å²) in [4.78, 5) is 9.63. The van der Waals surface area contributed by atoms with Crippen molar-refractivity contribution in [3.05, 3.63) is 0 Å². The van der Waals surface area contributed by atoms with Crippen LogP contribution in [0.1, 0.15) is 39.5 Å². The highest BCUT2D eigenvalue weighted by Gasteiger charge is 2.32. The highest BCUT2D eigenvalue weighted by Crippen LogP contribution is 2.53. The van der Waals surface area contributed by atoms with Gasteiger partial charge in [-0.05, 0) is 25.1 Å². The molecule has 0 heterocycles. The van der Waals surface area contributed by atoms with Gasteiger partial charge in [-0.2, -0.15) is 13.9 Å². The molecule has 0 saturated carbocycles. The molecule has 110 valence electrons. The predicted octanol–water partition coefficient (Wildman–Crippen LogP) is 2.45. The van der Waals surface area contributed by atoms with E-state index in [2.05, 4.69) is 31.4 Å². The molecular weight excluding hydrogens is 271 g/mol. The number of thiocarbonyl (C=S) groups is 1. The summed E-state index contributed by atoms with van der Waals surface area (Å²) < 4.78 is 10.5. The third-order valence-electron chi connectivity index (χ3n) is 1.90. The first-order chi connectivity index (χ1) is 8.39. The van der Waals surface area contributed by atoms with E-state index >= 15 is 0 Å². The summed E-state index contributed by atoms with van der Waals surface area (Å²) in [6, 6.07) is 0. The largest absolute Gasteiger partial charge is 0.405 e. The Bertz CT molecular complexity index is 195. The van der Waals surface area contributed by atoms with Crippen molar-refractivity contribution in [2.45, 2.75) is 39.5 Å². The van der Waals surface area contributed by atoms with Crippen molar-refractivity contribution in [2.24, 2.45) is 5.73 Å². The van der Waals surface area contributed by atoms with Crippen LogP contribution in [0.2, 0.25) is 0 Å². The Kier molecular flexibility index (Phi) is 15.2. The Morgan fingerprint density at radius 1 is 1.22 bits per heavy atom. The highest BCUT2D eigenvalue weighted by atomic mass is 32.1. The van der Waals surface area contributed by atoms with Gasteiger partial charge < -0.3 is 11.1 Å². The molecule has 0 fully saturated rings. The first-order valence-corrected chi connectivity index (χ1v) is 8.68. The van der Waals surface area contributed by atoms with Gasteiger partial charge in [0.2, 0.25) is 0 Å². The van der Waals surface area contributed by atoms with Crippen molar-refractivity contribution in [3.8, 4) is 0 Å². The summed E-state index contributed by atoms with van der Waals surface area (Å²) in [5.41, 5.74) is 4.91. The Balaban J connectivity index is 0. The van der Waals surface area contributed by atoms with E-state index in [1.165, 1.54) is 0 Å². The third kappa shape index (κ3) is 18.4. The first kappa shape index (κ1) is 20.3. The Hall–Kier alpha value is 0.0000000000000000278. The lowest BCUT2D eigenvalue weighted by atomic mass is 10.4. The first-order valence-electron chi connectivity index (χ1n) is 6.25. The molecule has 0 bridgehead atoms. The van der Waals surface area contributed by atoms with Gasteiger partial charge in [-0.1, -0.05) is 26.7 Å². The summed E-state index contributed by atoms with van der Waals surface area (Å²) >= 11 is 4.36. The predicted molar refractivity (Wildman–Crippen MR) is 82.6 cm³/mol. The molecule has 0 aliphatic rings. The van der Waals surface area contributed by atoms with Crippen LogP contribution in [0.5, 0.6) is 0 Å².